The Morgan fingerprint density at radius 1 is 0.680 bits per heavy atom. The number of benzene rings is 1. The van der Waals surface area contributed by atoms with Gasteiger partial charge in [-0.3, -0.25) is 4.98 Å². The fraction of sp³-hybridized carbons (Fsp3) is 0.250. The Bertz CT molecular complexity index is 2110. The summed E-state index contributed by atoms with van der Waals surface area (Å²) in [7, 11) is 0. The summed E-state index contributed by atoms with van der Waals surface area (Å²) in [5.74, 6) is 0.985. The molecule has 0 unspecified atom stereocenters. The van der Waals surface area contributed by atoms with Crippen LogP contribution in [0.4, 0.5) is 0 Å². The van der Waals surface area contributed by atoms with E-state index in [9.17, 15) is 0 Å². The number of nitrogens with zero attached hydrogens (tertiary/aromatic N) is 10. The van der Waals surface area contributed by atoms with Crippen LogP contribution in [0.3, 0.4) is 0 Å². The molecule has 0 N–H and O–H groups in total. The largest absolute Gasteiger partial charge is 0.253 e. The van der Waals surface area contributed by atoms with Gasteiger partial charge in [0.15, 0.2) is 0 Å². The molecule has 0 bridgehead atoms. The van der Waals surface area contributed by atoms with E-state index in [2.05, 4.69) is 104 Å². The van der Waals surface area contributed by atoms with Gasteiger partial charge in [0.05, 0.1) is 46.5 Å². The summed E-state index contributed by atoms with van der Waals surface area (Å²) >= 11 is 0. The molecular formula is C40H46N10. The molecule has 0 fully saturated rings. The van der Waals surface area contributed by atoms with Crippen LogP contribution >= 0.6 is 0 Å². The van der Waals surface area contributed by atoms with E-state index in [0.29, 0.717) is 11.8 Å². The molecule has 0 saturated carbocycles. The fourth-order valence-corrected chi connectivity index (χ4v) is 4.57. The van der Waals surface area contributed by atoms with Gasteiger partial charge < -0.3 is 0 Å². The zero-order valence-corrected chi connectivity index (χ0v) is 30.3. The summed E-state index contributed by atoms with van der Waals surface area (Å²) in [6, 6.07) is 11.9. The monoisotopic (exact) mass is 666 g/mol. The second kappa shape index (κ2) is 19.8. The fourth-order valence-electron chi connectivity index (χ4n) is 4.57. The number of fused-ring (bicyclic) bond motifs is 2. The van der Waals surface area contributed by atoms with E-state index < -0.39 is 0 Å². The third-order valence-corrected chi connectivity index (χ3v) is 7.18. The molecule has 0 aliphatic carbocycles. The van der Waals surface area contributed by atoms with Gasteiger partial charge in [0.1, 0.15) is 11.8 Å². The zero-order chi connectivity index (χ0) is 36.5. The average molecular weight is 667 g/mol. The van der Waals surface area contributed by atoms with Crippen molar-refractivity contribution in [3.8, 4) is 0 Å². The number of allylic oxidation sites excluding steroid dienone is 2. The smallest absolute Gasteiger partial charge is 0.116 e. The SMILES string of the molecule is C=C/C(C)=c1/ccnn/c1=C/C(C)C.C=C/C(C)=c1/nncc/c1=C/C(C)C.Cc1cccc2cnnnc12.Cc1ccnc2cncnc12. The summed E-state index contributed by atoms with van der Waals surface area (Å²) in [5.41, 5.74) is 7.18. The lowest BCUT2D eigenvalue weighted by Gasteiger charge is -1.96. The van der Waals surface area contributed by atoms with E-state index >= 15 is 0 Å². The molecule has 0 amide bonds. The van der Waals surface area contributed by atoms with Gasteiger partial charge >= 0.3 is 0 Å². The molecule has 0 spiro atoms. The van der Waals surface area contributed by atoms with E-state index in [1.807, 2.05) is 76.2 Å². The Labute approximate surface area is 293 Å². The Morgan fingerprint density at radius 3 is 2.06 bits per heavy atom. The first-order valence-electron chi connectivity index (χ1n) is 16.4. The summed E-state index contributed by atoms with van der Waals surface area (Å²) in [6.45, 7) is 24.1. The molecule has 6 rings (SSSR count). The minimum atomic E-state index is 0.475. The van der Waals surface area contributed by atoms with Gasteiger partial charge in [-0.2, -0.15) is 20.4 Å². The van der Waals surface area contributed by atoms with Crippen molar-refractivity contribution in [2.45, 2.75) is 55.4 Å². The van der Waals surface area contributed by atoms with Crippen LogP contribution in [0.2, 0.25) is 0 Å². The van der Waals surface area contributed by atoms with Crippen LogP contribution in [0, 0.1) is 25.7 Å². The topological polar surface area (TPSA) is 129 Å². The predicted molar refractivity (Wildman–Crippen MR) is 204 cm³/mol. The van der Waals surface area contributed by atoms with Gasteiger partial charge in [-0.15, -0.1) is 10.2 Å². The van der Waals surface area contributed by atoms with Crippen LogP contribution in [0.1, 0.15) is 52.7 Å². The zero-order valence-electron chi connectivity index (χ0n) is 30.3. The highest BCUT2D eigenvalue weighted by atomic mass is 15.3. The van der Waals surface area contributed by atoms with E-state index in [-0.39, 0.29) is 0 Å². The van der Waals surface area contributed by atoms with Crippen molar-refractivity contribution >= 4 is 45.2 Å². The van der Waals surface area contributed by atoms with E-state index in [1.165, 1.54) is 6.33 Å². The summed E-state index contributed by atoms with van der Waals surface area (Å²) in [4.78, 5) is 12.1. The summed E-state index contributed by atoms with van der Waals surface area (Å²) in [6.07, 6.45) is 18.1. The van der Waals surface area contributed by atoms with Crippen LogP contribution in [0.25, 0.3) is 45.2 Å². The third kappa shape index (κ3) is 11.7. The molecule has 0 atom stereocenters. The van der Waals surface area contributed by atoms with Gasteiger partial charge in [-0.1, -0.05) is 83.4 Å². The van der Waals surface area contributed by atoms with Crippen LogP contribution in [-0.2, 0) is 0 Å². The van der Waals surface area contributed by atoms with Gasteiger partial charge in [0, 0.05) is 22.0 Å². The number of aromatic nitrogens is 10. The van der Waals surface area contributed by atoms with Crippen molar-refractivity contribution in [2.24, 2.45) is 11.8 Å². The molecule has 256 valence electrons. The van der Waals surface area contributed by atoms with Crippen LogP contribution in [0.15, 0.2) is 99.0 Å². The Kier molecular flexibility index (Phi) is 15.3. The maximum atomic E-state index is 4.12. The molecule has 0 aliphatic heterocycles. The first-order valence-corrected chi connectivity index (χ1v) is 16.4. The number of hydrogen-bond donors (Lipinski definition) is 0. The normalized spacial score (nSPS) is 12.6. The van der Waals surface area contributed by atoms with Gasteiger partial charge in [0.25, 0.3) is 0 Å². The van der Waals surface area contributed by atoms with Crippen molar-refractivity contribution in [3.63, 3.8) is 0 Å². The lowest BCUT2D eigenvalue weighted by Crippen LogP contribution is -2.30. The first kappa shape index (κ1) is 38.5. The molecule has 0 saturated heterocycles. The second-order valence-electron chi connectivity index (χ2n) is 12.1. The molecule has 5 aromatic heterocycles. The van der Waals surface area contributed by atoms with Crippen molar-refractivity contribution in [1.82, 2.24) is 50.8 Å². The van der Waals surface area contributed by atoms with Crippen LogP contribution in [-0.4, -0.2) is 50.8 Å². The minimum absolute atomic E-state index is 0.475. The Morgan fingerprint density at radius 2 is 1.38 bits per heavy atom. The number of rotatable bonds is 4. The highest BCUT2D eigenvalue weighted by Crippen LogP contribution is 2.12. The Balaban J connectivity index is 0.000000181. The predicted octanol–water partition coefficient (Wildman–Crippen LogP) is 5.21. The van der Waals surface area contributed by atoms with Gasteiger partial charge in [-0.25, -0.2) is 9.97 Å². The maximum Gasteiger partial charge on any atom is 0.116 e. The molecule has 10 nitrogen and oxygen atoms in total. The molecule has 10 heteroatoms. The summed E-state index contributed by atoms with van der Waals surface area (Å²) in [5, 5.41) is 32.3. The third-order valence-electron chi connectivity index (χ3n) is 7.18. The molecular weight excluding hydrogens is 621 g/mol. The number of aryl methyl sites for hydroxylation is 2. The molecule has 0 aliphatic rings. The van der Waals surface area contributed by atoms with Crippen molar-refractivity contribution in [2.75, 3.05) is 0 Å². The molecule has 50 heavy (non-hydrogen) atoms. The molecule has 5 heterocycles. The van der Waals surface area contributed by atoms with E-state index in [4.69, 9.17) is 0 Å². The van der Waals surface area contributed by atoms with Crippen molar-refractivity contribution < 1.29 is 0 Å². The van der Waals surface area contributed by atoms with Crippen LogP contribution < -0.4 is 21.1 Å². The second-order valence-corrected chi connectivity index (χ2v) is 12.1. The quantitative estimate of drug-likeness (QED) is 0.247. The maximum absolute atomic E-state index is 4.12. The molecule has 6 aromatic rings. The highest BCUT2D eigenvalue weighted by molar-refractivity contribution is 5.79. The standard InChI is InChI=1S/2C12H16N2.2C8H7N3/c1-5-10(4)11-6-7-13-14-12(11)8-9(2)3;1-5-10(4)12-11(8-9(2)3)6-7-13-14-12;1-6-2-3-10-7-4-9-5-11-8(6)7;1-6-3-2-4-7-5-9-11-10-8(6)7/h2*5-9H,1H2,2-4H3;2*2-5H,1H3/b11-10-,12-8+;11-8-,12-10+;;. The molecule has 1 aromatic carbocycles. The van der Waals surface area contributed by atoms with Crippen LogP contribution in [0.5, 0.6) is 0 Å². The van der Waals surface area contributed by atoms with Gasteiger partial charge in [0.2, 0.25) is 0 Å². The lowest BCUT2D eigenvalue weighted by atomic mass is 10.1. The van der Waals surface area contributed by atoms with E-state index in [1.54, 1.807) is 31.0 Å². The number of pyridine rings is 1. The number of hydrogen-bond acceptors (Lipinski definition) is 10. The lowest BCUT2D eigenvalue weighted by molar-refractivity contribution is 0.864. The molecule has 0 radical (unpaired) electrons. The first-order chi connectivity index (χ1) is 24.0. The highest BCUT2D eigenvalue weighted by Gasteiger charge is 1.97. The van der Waals surface area contributed by atoms with E-state index in [0.717, 1.165) is 65.3 Å². The van der Waals surface area contributed by atoms with Crippen molar-refractivity contribution in [3.05, 3.63) is 131 Å². The van der Waals surface area contributed by atoms with Crippen molar-refractivity contribution in [1.29, 1.82) is 0 Å². The van der Waals surface area contributed by atoms with Gasteiger partial charge in [-0.05, 0) is 85.2 Å². The average Bonchev–Trinajstić information content (AvgIpc) is 3.12. The Hall–Kier alpha value is -5.90. The summed E-state index contributed by atoms with van der Waals surface area (Å²) < 4.78 is 0. The minimum Gasteiger partial charge on any atom is -0.253 e.